The quantitative estimate of drug-likeness (QED) is 0.821. The van der Waals surface area contributed by atoms with Gasteiger partial charge in [0.2, 0.25) is 0 Å². The van der Waals surface area contributed by atoms with Gasteiger partial charge < -0.3 is 15.0 Å². The molecule has 98 valence electrons. The van der Waals surface area contributed by atoms with E-state index < -0.39 is 0 Å². The Kier molecular flexibility index (Phi) is 3.99. The third-order valence-corrected chi connectivity index (χ3v) is 3.28. The molecule has 0 spiro atoms. The second-order valence-electron chi connectivity index (χ2n) is 4.64. The largest absolute Gasteiger partial charge is 0.378 e. The Morgan fingerprint density at radius 1 is 1.17 bits per heavy atom. The third-order valence-electron chi connectivity index (χ3n) is 3.28. The fourth-order valence-electron chi connectivity index (χ4n) is 2.12. The molecule has 2 rings (SSSR count). The topological polar surface area (TPSA) is 53.1 Å². The highest BCUT2D eigenvalue weighted by atomic mass is 16.5. The van der Waals surface area contributed by atoms with Crippen molar-refractivity contribution in [1.82, 2.24) is 9.55 Å². The van der Waals surface area contributed by atoms with Crippen LogP contribution in [-0.4, -0.2) is 29.3 Å². The summed E-state index contributed by atoms with van der Waals surface area (Å²) in [5.74, 6) is 1.03. The van der Waals surface area contributed by atoms with E-state index in [9.17, 15) is 0 Å². The van der Waals surface area contributed by atoms with Crippen LogP contribution >= 0.6 is 0 Å². The molecular formula is C14H21N3O. The summed E-state index contributed by atoms with van der Waals surface area (Å²) in [7, 11) is 0. The summed E-state index contributed by atoms with van der Waals surface area (Å²) < 4.78 is 7.65. The van der Waals surface area contributed by atoms with Crippen molar-refractivity contribution >= 4 is 11.0 Å². The zero-order valence-electron chi connectivity index (χ0n) is 11.4. The average Bonchev–Trinajstić information content (AvgIpc) is 2.62. The maximum atomic E-state index is 5.44. The van der Waals surface area contributed by atoms with Crippen molar-refractivity contribution in [2.24, 2.45) is 5.73 Å². The first kappa shape index (κ1) is 13.1. The molecule has 0 saturated heterocycles. The number of rotatable bonds is 5. The maximum Gasteiger partial charge on any atom is 0.106 e. The second kappa shape index (κ2) is 5.50. The van der Waals surface area contributed by atoms with Crippen LogP contribution in [0.15, 0.2) is 12.1 Å². The molecule has 2 aromatic rings. The lowest BCUT2D eigenvalue weighted by Crippen LogP contribution is -2.13. The number of hydrogen-bond acceptors (Lipinski definition) is 3. The van der Waals surface area contributed by atoms with E-state index in [2.05, 4.69) is 35.5 Å². The van der Waals surface area contributed by atoms with Crippen LogP contribution in [0.3, 0.4) is 0 Å². The monoisotopic (exact) mass is 247 g/mol. The fourth-order valence-corrected chi connectivity index (χ4v) is 2.12. The summed E-state index contributed by atoms with van der Waals surface area (Å²) in [6.45, 7) is 8.97. The highest BCUT2D eigenvalue weighted by Crippen LogP contribution is 2.20. The molecule has 1 aromatic heterocycles. The van der Waals surface area contributed by atoms with Crippen LogP contribution < -0.4 is 5.73 Å². The van der Waals surface area contributed by atoms with Crippen molar-refractivity contribution in [3.63, 3.8) is 0 Å². The number of imidazole rings is 1. The third kappa shape index (κ3) is 2.54. The van der Waals surface area contributed by atoms with Crippen LogP contribution in [0, 0.1) is 20.8 Å². The van der Waals surface area contributed by atoms with E-state index in [1.165, 1.54) is 16.6 Å². The SMILES string of the molecule is Cc1cc2nc(C)n(CCOCCN)c2cc1C. The molecule has 4 nitrogen and oxygen atoms in total. The van der Waals surface area contributed by atoms with Gasteiger partial charge in [-0.3, -0.25) is 0 Å². The molecule has 0 atom stereocenters. The highest BCUT2D eigenvalue weighted by Gasteiger charge is 2.08. The summed E-state index contributed by atoms with van der Waals surface area (Å²) in [6, 6.07) is 4.35. The lowest BCUT2D eigenvalue weighted by molar-refractivity contribution is 0.133. The predicted octanol–water partition coefficient (Wildman–Crippen LogP) is 1.94. The molecule has 0 aliphatic heterocycles. The average molecular weight is 247 g/mol. The fraction of sp³-hybridized carbons (Fsp3) is 0.500. The Morgan fingerprint density at radius 3 is 2.61 bits per heavy atom. The number of hydrogen-bond donors (Lipinski definition) is 1. The van der Waals surface area contributed by atoms with Crippen molar-refractivity contribution in [2.45, 2.75) is 27.3 Å². The molecule has 0 fully saturated rings. The van der Waals surface area contributed by atoms with Crippen molar-refractivity contribution in [1.29, 1.82) is 0 Å². The van der Waals surface area contributed by atoms with Gasteiger partial charge in [-0.25, -0.2) is 4.98 Å². The number of fused-ring (bicyclic) bond motifs is 1. The minimum Gasteiger partial charge on any atom is -0.378 e. The summed E-state index contributed by atoms with van der Waals surface area (Å²) in [4.78, 5) is 4.60. The standard InChI is InChI=1S/C14H21N3O/c1-10-8-13-14(9-11(10)2)17(12(3)16-13)5-7-18-6-4-15/h8-9H,4-7,15H2,1-3H3. The molecule has 1 aromatic carbocycles. The molecule has 0 unspecified atom stereocenters. The van der Waals surface area contributed by atoms with Crippen molar-refractivity contribution in [2.75, 3.05) is 19.8 Å². The van der Waals surface area contributed by atoms with Gasteiger partial charge in [-0.05, 0) is 44.0 Å². The lowest BCUT2D eigenvalue weighted by atomic mass is 10.1. The van der Waals surface area contributed by atoms with Crippen molar-refractivity contribution in [3.8, 4) is 0 Å². The van der Waals surface area contributed by atoms with E-state index in [4.69, 9.17) is 10.5 Å². The van der Waals surface area contributed by atoms with Gasteiger partial charge in [0.05, 0.1) is 24.2 Å². The molecule has 0 saturated carbocycles. The molecule has 0 radical (unpaired) electrons. The van der Waals surface area contributed by atoms with Gasteiger partial charge in [0.25, 0.3) is 0 Å². The van der Waals surface area contributed by atoms with Crippen molar-refractivity contribution < 1.29 is 4.74 Å². The van der Waals surface area contributed by atoms with Crippen molar-refractivity contribution in [3.05, 3.63) is 29.1 Å². The first-order valence-corrected chi connectivity index (χ1v) is 6.35. The number of benzene rings is 1. The first-order valence-electron chi connectivity index (χ1n) is 6.35. The van der Waals surface area contributed by atoms with E-state index in [0.717, 1.165) is 17.9 Å². The van der Waals surface area contributed by atoms with E-state index >= 15 is 0 Å². The van der Waals surface area contributed by atoms with Gasteiger partial charge in [-0.2, -0.15) is 0 Å². The van der Waals surface area contributed by atoms with Gasteiger partial charge in [0.1, 0.15) is 5.82 Å². The molecule has 0 amide bonds. The Labute approximate surface area is 108 Å². The number of aryl methyl sites for hydroxylation is 3. The minimum atomic E-state index is 0.571. The first-order chi connectivity index (χ1) is 8.63. The van der Waals surface area contributed by atoms with E-state index in [1.807, 2.05) is 6.92 Å². The number of nitrogens with two attached hydrogens (primary N) is 1. The maximum absolute atomic E-state index is 5.44. The molecule has 0 aliphatic rings. The summed E-state index contributed by atoms with van der Waals surface area (Å²) in [5.41, 5.74) is 10.2. The van der Waals surface area contributed by atoms with E-state index in [0.29, 0.717) is 19.8 Å². The Morgan fingerprint density at radius 2 is 1.89 bits per heavy atom. The van der Waals surface area contributed by atoms with Gasteiger partial charge in [-0.15, -0.1) is 0 Å². The molecular weight excluding hydrogens is 226 g/mol. The predicted molar refractivity (Wildman–Crippen MR) is 73.8 cm³/mol. The Bertz CT molecular complexity index is 545. The zero-order valence-corrected chi connectivity index (χ0v) is 11.4. The van der Waals surface area contributed by atoms with Gasteiger partial charge in [0, 0.05) is 13.1 Å². The minimum absolute atomic E-state index is 0.571. The normalized spacial score (nSPS) is 11.3. The summed E-state index contributed by atoms with van der Waals surface area (Å²) in [6.07, 6.45) is 0. The molecule has 4 heteroatoms. The van der Waals surface area contributed by atoms with E-state index in [1.54, 1.807) is 0 Å². The van der Waals surface area contributed by atoms with Crippen LogP contribution in [-0.2, 0) is 11.3 Å². The summed E-state index contributed by atoms with van der Waals surface area (Å²) >= 11 is 0. The number of ether oxygens (including phenoxy) is 1. The van der Waals surface area contributed by atoms with Crippen LogP contribution in [0.25, 0.3) is 11.0 Å². The van der Waals surface area contributed by atoms with Crippen LogP contribution in [0.4, 0.5) is 0 Å². The number of nitrogens with zero attached hydrogens (tertiary/aromatic N) is 2. The summed E-state index contributed by atoms with van der Waals surface area (Å²) in [5, 5.41) is 0. The molecule has 1 heterocycles. The van der Waals surface area contributed by atoms with Gasteiger partial charge in [0.15, 0.2) is 0 Å². The van der Waals surface area contributed by atoms with Gasteiger partial charge in [-0.1, -0.05) is 0 Å². The van der Waals surface area contributed by atoms with Crippen LogP contribution in [0.2, 0.25) is 0 Å². The van der Waals surface area contributed by atoms with Crippen LogP contribution in [0.5, 0.6) is 0 Å². The molecule has 0 aliphatic carbocycles. The zero-order chi connectivity index (χ0) is 13.1. The Balaban J connectivity index is 2.26. The number of aromatic nitrogens is 2. The Hall–Kier alpha value is -1.39. The molecule has 0 bridgehead atoms. The second-order valence-corrected chi connectivity index (χ2v) is 4.64. The lowest BCUT2D eigenvalue weighted by Gasteiger charge is -2.08. The molecule has 2 N–H and O–H groups in total. The van der Waals surface area contributed by atoms with Gasteiger partial charge >= 0.3 is 0 Å². The smallest absolute Gasteiger partial charge is 0.106 e. The van der Waals surface area contributed by atoms with E-state index in [-0.39, 0.29) is 0 Å². The molecule has 18 heavy (non-hydrogen) atoms. The van der Waals surface area contributed by atoms with Crippen LogP contribution in [0.1, 0.15) is 17.0 Å². The highest BCUT2D eigenvalue weighted by molar-refractivity contribution is 5.78.